The topological polar surface area (TPSA) is 96.0 Å². The van der Waals surface area contributed by atoms with E-state index in [0.29, 0.717) is 35.8 Å². The van der Waals surface area contributed by atoms with Gasteiger partial charge in [0, 0.05) is 26.1 Å². The number of methoxy groups -OCH3 is 1. The Morgan fingerprint density at radius 1 is 1.09 bits per heavy atom. The predicted molar refractivity (Wildman–Crippen MR) is 132 cm³/mol. The van der Waals surface area contributed by atoms with Crippen molar-refractivity contribution in [2.45, 2.75) is 26.7 Å². The molecule has 1 N–H and O–H groups in total. The van der Waals surface area contributed by atoms with Gasteiger partial charge in [-0.3, -0.25) is 13.9 Å². The number of amides is 2. The molecule has 0 radical (unpaired) electrons. The minimum absolute atomic E-state index is 0.0731. The molecule has 0 unspecified atom stereocenters. The first-order valence-electron chi connectivity index (χ1n) is 10.6. The second-order valence-corrected chi connectivity index (χ2v) is 9.64. The Bertz CT molecular complexity index is 1090. The monoisotopic (exact) mass is 495 g/mol. The lowest BCUT2D eigenvalue weighted by molar-refractivity contribution is -0.116. The SMILES string of the molecule is CCN(CC)C(=O)c1ccccc1NC(=O)CCCN(c1ccc(OC)c(Cl)c1)S(C)(=O)=O. The highest BCUT2D eigenvalue weighted by Crippen LogP contribution is 2.30. The maximum Gasteiger partial charge on any atom is 0.255 e. The van der Waals surface area contributed by atoms with Crippen LogP contribution < -0.4 is 14.4 Å². The zero-order valence-corrected chi connectivity index (χ0v) is 20.9. The van der Waals surface area contributed by atoms with E-state index < -0.39 is 10.0 Å². The van der Waals surface area contributed by atoms with Crippen molar-refractivity contribution in [3.8, 4) is 5.75 Å². The smallest absolute Gasteiger partial charge is 0.255 e. The van der Waals surface area contributed by atoms with Crippen LogP contribution >= 0.6 is 11.6 Å². The summed E-state index contributed by atoms with van der Waals surface area (Å²) in [5, 5.41) is 3.07. The molecule has 2 aromatic carbocycles. The maximum atomic E-state index is 12.7. The molecule has 0 heterocycles. The first kappa shape index (κ1) is 26.5. The summed E-state index contributed by atoms with van der Waals surface area (Å²) >= 11 is 6.14. The molecule has 0 aliphatic carbocycles. The van der Waals surface area contributed by atoms with E-state index in [1.54, 1.807) is 41.3 Å². The number of carbonyl (C=O) groups excluding carboxylic acids is 2. The van der Waals surface area contributed by atoms with Crippen LogP contribution in [0, 0.1) is 0 Å². The number of hydrogen-bond donors (Lipinski definition) is 1. The number of rotatable bonds is 11. The Hall–Kier alpha value is -2.78. The molecule has 0 aromatic heterocycles. The number of para-hydroxylation sites is 1. The van der Waals surface area contributed by atoms with E-state index >= 15 is 0 Å². The van der Waals surface area contributed by atoms with Gasteiger partial charge in [0.25, 0.3) is 5.91 Å². The van der Waals surface area contributed by atoms with Crippen LogP contribution in [-0.4, -0.2) is 58.1 Å². The Kier molecular flexibility index (Phi) is 9.55. The van der Waals surface area contributed by atoms with Gasteiger partial charge in [-0.2, -0.15) is 0 Å². The van der Waals surface area contributed by atoms with Gasteiger partial charge in [-0.25, -0.2) is 8.42 Å². The number of carbonyl (C=O) groups is 2. The second kappa shape index (κ2) is 11.9. The first-order chi connectivity index (χ1) is 15.6. The molecule has 0 bridgehead atoms. The number of anilines is 2. The minimum Gasteiger partial charge on any atom is -0.495 e. The molecule has 8 nitrogen and oxygen atoms in total. The minimum atomic E-state index is -3.59. The van der Waals surface area contributed by atoms with Gasteiger partial charge in [-0.15, -0.1) is 0 Å². The number of benzene rings is 2. The van der Waals surface area contributed by atoms with Gasteiger partial charge in [0.05, 0.1) is 35.3 Å². The van der Waals surface area contributed by atoms with Crippen molar-refractivity contribution in [3.05, 3.63) is 53.1 Å². The van der Waals surface area contributed by atoms with Crippen LogP contribution in [0.4, 0.5) is 11.4 Å². The molecule has 0 aliphatic heterocycles. The summed E-state index contributed by atoms with van der Waals surface area (Å²) in [4.78, 5) is 27.0. The summed E-state index contributed by atoms with van der Waals surface area (Å²) in [5.74, 6) is -0.0299. The lowest BCUT2D eigenvalue weighted by atomic mass is 10.1. The van der Waals surface area contributed by atoms with Crippen LogP contribution in [0.5, 0.6) is 5.75 Å². The van der Waals surface area contributed by atoms with Gasteiger partial charge in [-0.05, 0) is 50.6 Å². The summed E-state index contributed by atoms with van der Waals surface area (Å²) in [5.41, 5.74) is 1.24. The molecule has 0 atom stereocenters. The third-order valence-electron chi connectivity index (χ3n) is 5.07. The molecule has 2 amide bonds. The fraction of sp³-hybridized carbons (Fsp3) is 0.391. The van der Waals surface area contributed by atoms with Crippen LogP contribution in [0.2, 0.25) is 5.02 Å². The van der Waals surface area contributed by atoms with Crippen molar-refractivity contribution in [2.75, 3.05) is 42.6 Å². The number of ether oxygens (including phenoxy) is 1. The predicted octanol–water partition coefficient (Wildman–Crippen LogP) is 4.02. The zero-order chi connectivity index (χ0) is 24.6. The maximum absolute atomic E-state index is 12.7. The summed E-state index contributed by atoms with van der Waals surface area (Å²) < 4.78 is 30.9. The lowest BCUT2D eigenvalue weighted by Crippen LogP contribution is -2.32. The average Bonchev–Trinajstić information content (AvgIpc) is 2.77. The third-order valence-corrected chi connectivity index (χ3v) is 6.56. The van der Waals surface area contributed by atoms with Crippen LogP contribution in [0.25, 0.3) is 0 Å². The Morgan fingerprint density at radius 3 is 2.33 bits per heavy atom. The Morgan fingerprint density at radius 2 is 1.76 bits per heavy atom. The first-order valence-corrected chi connectivity index (χ1v) is 12.8. The van der Waals surface area contributed by atoms with E-state index in [-0.39, 0.29) is 36.2 Å². The number of hydrogen-bond acceptors (Lipinski definition) is 5. The molecule has 0 saturated carbocycles. The number of halogens is 1. The van der Waals surface area contributed by atoms with E-state index in [9.17, 15) is 18.0 Å². The second-order valence-electron chi connectivity index (χ2n) is 7.33. The zero-order valence-electron chi connectivity index (χ0n) is 19.3. The van der Waals surface area contributed by atoms with E-state index in [0.717, 1.165) is 6.26 Å². The Labute approximate surface area is 200 Å². The highest BCUT2D eigenvalue weighted by atomic mass is 35.5. The van der Waals surface area contributed by atoms with Gasteiger partial charge in [-0.1, -0.05) is 23.7 Å². The summed E-state index contributed by atoms with van der Waals surface area (Å²) in [7, 11) is -2.12. The molecule has 0 saturated heterocycles. The lowest BCUT2D eigenvalue weighted by Gasteiger charge is -2.23. The third kappa shape index (κ3) is 7.10. The van der Waals surface area contributed by atoms with Crippen LogP contribution in [0.15, 0.2) is 42.5 Å². The van der Waals surface area contributed by atoms with Gasteiger partial charge in [0.1, 0.15) is 5.75 Å². The fourth-order valence-corrected chi connectivity index (χ4v) is 4.56. The van der Waals surface area contributed by atoms with E-state index in [1.807, 2.05) is 13.8 Å². The fourth-order valence-electron chi connectivity index (χ4n) is 3.35. The van der Waals surface area contributed by atoms with Crippen LogP contribution in [0.3, 0.4) is 0 Å². The van der Waals surface area contributed by atoms with Gasteiger partial charge in [0.2, 0.25) is 15.9 Å². The molecule has 2 rings (SSSR count). The quantitative estimate of drug-likeness (QED) is 0.508. The van der Waals surface area contributed by atoms with Gasteiger partial charge >= 0.3 is 0 Å². The van der Waals surface area contributed by atoms with Gasteiger partial charge < -0.3 is 15.0 Å². The summed E-state index contributed by atoms with van der Waals surface area (Å²) in [6.45, 7) is 5.01. The normalized spacial score (nSPS) is 11.1. The number of nitrogens with zero attached hydrogens (tertiary/aromatic N) is 2. The molecule has 0 aliphatic rings. The molecule has 10 heteroatoms. The molecular formula is C23H30ClN3O5S. The Balaban J connectivity index is 2.07. The molecule has 0 spiro atoms. The largest absolute Gasteiger partial charge is 0.495 e. The summed E-state index contributed by atoms with van der Waals surface area (Å²) in [6, 6.07) is 11.5. The average molecular weight is 496 g/mol. The van der Waals surface area contributed by atoms with E-state index in [1.165, 1.54) is 17.5 Å². The van der Waals surface area contributed by atoms with Crippen molar-refractivity contribution < 1.29 is 22.7 Å². The number of sulfonamides is 1. The van der Waals surface area contributed by atoms with E-state index in [2.05, 4.69) is 5.32 Å². The standard InChI is InChI=1S/C23H30ClN3O5S/c1-5-26(6-2)23(29)18-10-7-8-11-20(18)25-22(28)12-9-15-27(33(4,30)31)17-13-14-21(32-3)19(24)16-17/h7-8,10-11,13-14,16H,5-6,9,12,15H2,1-4H3,(H,25,28). The van der Waals surface area contributed by atoms with Crippen molar-refractivity contribution in [2.24, 2.45) is 0 Å². The summed E-state index contributed by atoms with van der Waals surface area (Å²) in [6.07, 6.45) is 1.44. The van der Waals surface area contributed by atoms with Crippen molar-refractivity contribution in [1.82, 2.24) is 4.90 Å². The van der Waals surface area contributed by atoms with Crippen LogP contribution in [0.1, 0.15) is 37.0 Å². The van der Waals surface area contributed by atoms with Crippen molar-refractivity contribution in [3.63, 3.8) is 0 Å². The highest BCUT2D eigenvalue weighted by Gasteiger charge is 2.20. The van der Waals surface area contributed by atoms with Gasteiger partial charge in [0.15, 0.2) is 0 Å². The van der Waals surface area contributed by atoms with Crippen molar-refractivity contribution >= 4 is 44.8 Å². The highest BCUT2D eigenvalue weighted by molar-refractivity contribution is 7.92. The number of nitrogens with one attached hydrogen (secondary N) is 1. The molecule has 33 heavy (non-hydrogen) atoms. The van der Waals surface area contributed by atoms with Crippen LogP contribution in [-0.2, 0) is 14.8 Å². The molecule has 0 fully saturated rings. The van der Waals surface area contributed by atoms with E-state index in [4.69, 9.17) is 16.3 Å². The molecule has 2 aromatic rings. The van der Waals surface area contributed by atoms with Crippen molar-refractivity contribution in [1.29, 1.82) is 0 Å². The molecular weight excluding hydrogens is 466 g/mol. The molecule has 180 valence electrons.